The Balaban J connectivity index is 2.18. The summed E-state index contributed by atoms with van der Waals surface area (Å²) in [6.45, 7) is 9.63. The number of hydrogen-bond donors (Lipinski definition) is 0. The van der Waals surface area contributed by atoms with Crippen LogP contribution < -0.4 is 0 Å². The molecule has 110 valence electrons. The average molecular weight is 264 g/mol. The molecule has 0 aromatic heterocycles. The standard InChI is InChI=1S/C18H32O/c1-13-7-6-12-18(4)16(13)10-8-14(2)17(18)11-9-15(3)19-5/h9,13-14,16-17H,6-8,10-12H2,1-5H3/b15-9-/t13-,14-,16?,17-,18-/m0/s1. The van der Waals surface area contributed by atoms with Crippen molar-refractivity contribution in [3.05, 3.63) is 11.8 Å². The number of fused-ring (bicyclic) bond motifs is 1. The molecule has 19 heavy (non-hydrogen) atoms. The number of allylic oxidation sites excluding steroid dienone is 2. The first kappa shape index (κ1) is 14.9. The van der Waals surface area contributed by atoms with Gasteiger partial charge in [0.25, 0.3) is 0 Å². The first-order valence-electron chi connectivity index (χ1n) is 8.19. The van der Waals surface area contributed by atoms with Gasteiger partial charge in [0.2, 0.25) is 0 Å². The summed E-state index contributed by atoms with van der Waals surface area (Å²) in [7, 11) is 1.78. The first-order valence-corrected chi connectivity index (χ1v) is 8.19. The fourth-order valence-corrected chi connectivity index (χ4v) is 5.09. The summed E-state index contributed by atoms with van der Waals surface area (Å²) in [6.07, 6.45) is 10.8. The van der Waals surface area contributed by atoms with E-state index in [2.05, 4.69) is 33.8 Å². The van der Waals surface area contributed by atoms with Gasteiger partial charge in [0, 0.05) is 0 Å². The number of methoxy groups -OCH3 is 1. The molecule has 0 aromatic rings. The lowest BCUT2D eigenvalue weighted by Gasteiger charge is -2.55. The number of hydrogen-bond acceptors (Lipinski definition) is 1. The molecule has 0 radical (unpaired) electrons. The molecule has 0 aliphatic heterocycles. The van der Waals surface area contributed by atoms with Crippen LogP contribution in [0.25, 0.3) is 0 Å². The molecular formula is C18H32O. The van der Waals surface area contributed by atoms with E-state index in [1.807, 2.05) is 0 Å². The first-order chi connectivity index (χ1) is 8.99. The van der Waals surface area contributed by atoms with Crippen molar-refractivity contribution in [3.63, 3.8) is 0 Å². The summed E-state index contributed by atoms with van der Waals surface area (Å²) in [4.78, 5) is 0. The zero-order valence-corrected chi connectivity index (χ0v) is 13.5. The Morgan fingerprint density at radius 3 is 2.63 bits per heavy atom. The summed E-state index contributed by atoms with van der Waals surface area (Å²) in [6, 6.07) is 0. The zero-order chi connectivity index (χ0) is 14.0. The molecule has 1 unspecified atom stereocenters. The SMILES string of the molecule is CO/C(C)=C\C[C@H]1[C@@H](C)CCC2[C@@H](C)CCC[C@@]21C. The van der Waals surface area contributed by atoms with Gasteiger partial charge in [-0.2, -0.15) is 0 Å². The Hall–Kier alpha value is -0.460. The van der Waals surface area contributed by atoms with E-state index in [0.29, 0.717) is 5.41 Å². The van der Waals surface area contributed by atoms with E-state index in [9.17, 15) is 0 Å². The summed E-state index contributed by atoms with van der Waals surface area (Å²) >= 11 is 0. The van der Waals surface area contributed by atoms with Crippen LogP contribution in [0.15, 0.2) is 11.8 Å². The van der Waals surface area contributed by atoms with Crippen molar-refractivity contribution >= 4 is 0 Å². The number of ether oxygens (including phenoxy) is 1. The smallest absolute Gasteiger partial charge is 0.0884 e. The van der Waals surface area contributed by atoms with Gasteiger partial charge in [-0.1, -0.05) is 40.0 Å². The van der Waals surface area contributed by atoms with Crippen LogP contribution in [-0.2, 0) is 4.74 Å². The van der Waals surface area contributed by atoms with Gasteiger partial charge < -0.3 is 4.74 Å². The van der Waals surface area contributed by atoms with Crippen molar-refractivity contribution in [3.8, 4) is 0 Å². The van der Waals surface area contributed by atoms with Crippen LogP contribution in [0, 0.1) is 29.1 Å². The largest absolute Gasteiger partial charge is 0.502 e. The third kappa shape index (κ3) is 2.85. The minimum absolute atomic E-state index is 0.569. The Morgan fingerprint density at radius 2 is 1.95 bits per heavy atom. The van der Waals surface area contributed by atoms with Gasteiger partial charge in [0.15, 0.2) is 0 Å². The second kappa shape index (κ2) is 5.89. The Labute approximate surface area is 119 Å². The van der Waals surface area contributed by atoms with Crippen molar-refractivity contribution in [2.24, 2.45) is 29.1 Å². The van der Waals surface area contributed by atoms with E-state index >= 15 is 0 Å². The van der Waals surface area contributed by atoms with Crippen LogP contribution >= 0.6 is 0 Å². The summed E-state index contributed by atoms with van der Waals surface area (Å²) < 4.78 is 5.33. The van der Waals surface area contributed by atoms with E-state index in [1.54, 1.807) is 7.11 Å². The average Bonchev–Trinajstić information content (AvgIpc) is 2.37. The Kier molecular flexibility index (Phi) is 4.63. The molecule has 1 nitrogen and oxygen atoms in total. The third-order valence-corrected chi connectivity index (χ3v) is 6.36. The van der Waals surface area contributed by atoms with Gasteiger partial charge >= 0.3 is 0 Å². The predicted octanol–water partition coefficient (Wildman–Crippen LogP) is 5.42. The van der Waals surface area contributed by atoms with Crippen LogP contribution in [0.1, 0.15) is 66.2 Å². The van der Waals surface area contributed by atoms with Gasteiger partial charge in [-0.15, -0.1) is 0 Å². The van der Waals surface area contributed by atoms with E-state index in [-0.39, 0.29) is 0 Å². The summed E-state index contributed by atoms with van der Waals surface area (Å²) in [5.74, 6) is 4.69. The molecule has 0 aromatic carbocycles. The molecule has 2 fully saturated rings. The molecule has 2 rings (SSSR count). The number of rotatable bonds is 3. The van der Waals surface area contributed by atoms with Crippen molar-refractivity contribution in [2.75, 3.05) is 7.11 Å². The van der Waals surface area contributed by atoms with Gasteiger partial charge in [0.05, 0.1) is 12.9 Å². The highest BCUT2D eigenvalue weighted by Crippen LogP contribution is 2.58. The van der Waals surface area contributed by atoms with E-state index in [1.165, 1.54) is 38.5 Å². The molecule has 2 saturated carbocycles. The van der Waals surface area contributed by atoms with Crippen molar-refractivity contribution in [1.29, 1.82) is 0 Å². The maximum Gasteiger partial charge on any atom is 0.0884 e. The van der Waals surface area contributed by atoms with E-state index < -0.39 is 0 Å². The van der Waals surface area contributed by atoms with Crippen LogP contribution in [-0.4, -0.2) is 7.11 Å². The quantitative estimate of drug-likeness (QED) is 0.619. The molecule has 0 amide bonds. The van der Waals surface area contributed by atoms with Gasteiger partial charge in [-0.3, -0.25) is 0 Å². The van der Waals surface area contributed by atoms with E-state index in [0.717, 1.165) is 29.4 Å². The normalized spacial score (nSPS) is 43.7. The third-order valence-electron chi connectivity index (χ3n) is 6.36. The van der Waals surface area contributed by atoms with Gasteiger partial charge in [-0.05, 0) is 61.3 Å². The predicted molar refractivity (Wildman–Crippen MR) is 81.9 cm³/mol. The topological polar surface area (TPSA) is 9.23 Å². The monoisotopic (exact) mass is 264 g/mol. The zero-order valence-electron chi connectivity index (χ0n) is 13.5. The molecule has 0 bridgehead atoms. The molecule has 0 saturated heterocycles. The fourth-order valence-electron chi connectivity index (χ4n) is 5.09. The van der Waals surface area contributed by atoms with Crippen molar-refractivity contribution in [2.45, 2.75) is 66.2 Å². The second-order valence-corrected chi connectivity index (χ2v) is 7.40. The molecule has 0 N–H and O–H groups in total. The minimum Gasteiger partial charge on any atom is -0.502 e. The minimum atomic E-state index is 0.569. The molecule has 1 heteroatoms. The molecule has 5 atom stereocenters. The Bertz CT molecular complexity index is 333. The highest BCUT2D eigenvalue weighted by Gasteiger charge is 2.49. The fraction of sp³-hybridized carbons (Fsp3) is 0.889. The second-order valence-electron chi connectivity index (χ2n) is 7.40. The molecule has 2 aliphatic carbocycles. The van der Waals surface area contributed by atoms with Crippen LogP contribution in [0.2, 0.25) is 0 Å². The molecule has 0 spiro atoms. The maximum absolute atomic E-state index is 5.33. The van der Waals surface area contributed by atoms with Crippen LogP contribution in [0.5, 0.6) is 0 Å². The maximum atomic E-state index is 5.33. The van der Waals surface area contributed by atoms with E-state index in [4.69, 9.17) is 4.74 Å². The van der Waals surface area contributed by atoms with Crippen LogP contribution in [0.3, 0.4) is 0 Å². The lowest BCUT2D eigenvalue weighted by Crippen LogP contribution is -2.47. The molecule has 0 heterocycles. The van der Waals surface area contributed by atoms with Gasteiger partial charge in [0.1, 0.15) is 0 Å². The van der Waals surface area contributed by atoms with Gasteiger partial charge in [-0.25, -0.2) is 0 Å². The molecular weight excluding hydrogens is 232 g/mol. The lowest BCUT2D eigenvalue weighted by atomic mass is 9.50. The summed E-state index contributed by atoms with van der Waals surface area (Å²) in [5, 5.41) is 0. The summed E-state index contributed by atoms with van der Waals surface area (Å²) in [5.41, 5.74) is 0.569. The highest BCUT2D eigenvalue weighted by atomic mass is 16.5. The highest BCUT2D eigenvalue weighted by molar-refractivity contribution is 5.02. The lowest BCUT2D eigenvalue weighted by molar-refractivity contribution is -0.0551. The van der Waals surface area contributed by atoms with Crippen molar-refractivity contribution < 1.29 is 4.74 Å². The van der Waals surface area contributed by atoms with Crippen molar-refractivity contribution in [1.82, 2.24) is 0 Å². The Morgan fingerprint density at radius 1 is 1.21 bits per heavy atom. The molecule has 2 aliphatic rings. The van der Waals surface area contributed by atoms with Crippen LogP contribution in [0.4, 0.5) is 0 Å².